The van der Waals surface area contributed by atoms with Crippen LogP contribution >= 0.6 is 0 Å². The maximum absolute atomic E-state index is 15.4. The van der Waals surface area contributed by atoms with Gasteiger partial charge in [-0.1, -0.05) is 24.3 Å². The second-order valence-electron chi connectivity index (χ2n) is 9.56. The molecule has 5 aromatic rings. The van der Waals surface area contributed by atoms with Crippen molar-refractivity contribution < 1.29 is 32.7 Å². The number of pyridine rings is 1. The van der Waals surface area contributed by atoms with Crippen molar-refractivity contribution >= 4 is 33.9 Å². The molecule has 0 atom stereocenters. The first-order valence-electron chi connectivity index (χ1n) is 12.9. The fraction of sp³-hybridized carbons (Fsp3) is 0.161. The van der Waals surface area contributed by atoms with Crippen molar-refractivity contribution in [2.45, 2.75) is 13.5 Å². The molecule has 0 unspecified atom stereocenters. The van der Waals surface area contributed by atoms with Crippen LogP contribution in [0.1, 0.15) is 27.2 Å². The van der Waals surface area contributed by atoms with E-state index in [2.05, 4.69) is 10.3 Å². The number of anilines is 2. The molecule has 0 aliphatic heterocycles. The molecule has 0 fully saturated rings. The van der Waals surface area contributed by atoms with Crippen molar-refractivity contribution in [2.75, 3.05) is 26.6 Å². The average molecular weight is 589 g/mol. The van der Waals surface area contributed by atoms with Crippen LogP contribution in [0.4, 0.5) is 26.0 Å². The molecule has 0 bridgehead atoms. The van der Waals surface area contributed by atoms with Crippen LogP contribution in [0.2, 0.25) is 0 Å². The molecule has 0 aliphatic rings. The average Bonchev–Trinajstić information content (AvgIpc) is 3.35. The number of fused-ring (bicyclic) bond motifs is 1. The minimum Gasteiger partial charge on any atom is -0.497 e. The molecule has 0 aliphatic carbocycles. The summed E-state index contributed by atoms with van der Waals surface area (Å²) in [6.07, 6.45) is 1.49. The summed E-state index contributed by atoms with van der Waals surface area (Å²) >= 11 is 0. The molecular weight excluding hydrogens is 562 g/mol. The fourth-order valence-corrected chi connectivity index (χ4v) is 4.81. The van der Waals surface area contributed by atoms with Gasteiger partial charge in [-0.05, 0) is 42.3 Å². The summed E-state index contributed by atoms with van der Waals surface area (Å²) in [6, 6.07) is 15.9. The Labute approximate surface area is 244 Å². The highest BCUT2D eigenvalue weighted by molar-refractivity contribution is 6.11. The molecule has 43 heavy (non-hydrogen) atoms. The lowest BCUT2D eigenvalue weighted by Crippen LogP contribution is -2.15. The maximum atomic E-state index is 15.4. The highest BCUT2D eigenvalue weighted by Gasteiger charge is 2.29. The Hall–Kier alpha value is -5.52. The van der Waals surface area contributed by atoms with Gasteiger partial charge in [0.1, 0.15) is 22.8 Å². The number of ketones is 1. The van der Waals surface area contributed by atoms with Crippen molar-refractivity contribution in [3.8, 4) is 17.2 Å². The number of hydrogen-bond donors (Lipinski definition) is 1. The highest BCUT2D eigenvalue weighted by Crippen LogP contribution is 2.35. The van der Waals surface area contributed by atoms with E-state index in [1.807, 2.05) is 0 Å². The van der Waals surface area contributed by atoms with Gasteiger partial charge in [-0.3, -0.25) is 14.9 Å². The number of nitrogens with one attached hydrogen (secondary N) is 1. The number of halogens is 2. The predicted molar refractivity (Wildman–Crippen MR) is 156 cm³/mol. The summed E-state index contributed by atoms with van der Waals surface area (Å²) in [7, 11) is 3.94. The Morgan fingerprint density at radius 2 is 1.65 bits per heavy atom. The summed E-state index contributed by atoms with van der Waals surface area (Å²) < 4.78 is 47.7. The van der Waals surface area contributed by atoms with E-state index < -0.39 is 27.9 Å². The van der Waals surface area contributed by atoms with Crippen LogP contribution in [0.15, 0.2) is 66.9 Å². The van der Waals surface area contributed by atoms with Gasteiger partial charge in [0.25, 0.3) is 5.69 Å². The van der Waals surface area contributed by atoms with Crippen molar-refractivity contribution in [3.05, 3.63) is 111 Å². The SMILES string of the molecule is COc1ccc(Cn2c(C(=O)c3c(F)c(OC)cc(OC)c3F)cc3cc(Nc4c(C)cccc4[N+](=O)[O-])ncc32)cc1. The minimum atomic E-state index is -1.17. The lowest BCUT2D eigenvalue weighted by Gasteiger charge is -2.14. The van der Waals surface area contributed by atoms with Crippen LogP contribution in [0.3, 0.4) is 0 Å². The van der Waals surface area contributed by atoms with E-state index >= 15 is 8.78 Å². The van der Waals surface area contributed by atoms with Crippen LogP contribution in [0, 0.1) is 28.7 Å². The lowest BCUT2D eigenvalue weighted by atomic mass is 10.0. The van der Waals surface area contributed by atoms with Crippen molar-refractivity contribution in [1.29, 1.82) is 0 Å². The molecule has 0 saturated carbocycles. The number of rotatable bonds is 10. The minimum absolute atomic E-state index is 0.0280. The Kier molecular flexibility index (Phi) is 7.93. The number of aromatic nitrogens is 2. The number of nitro groups is 1. The number of aryl methyl sites for hydroxylation is 1. The second-order valence-corrected chi connectivity index (χ2v) is 9.56. The number of para-hydroxylation sites is 1. The summed E-state index contributed by atoms with van der Waals surface area (Å²) in [5, 5.41) is 15.1. The number of nitrogens with zero attached hydrogens (tertiary/aromatic N) is 3. The van der Waals surface area contributed by atoms with Gasteiger partial charge in [0.05, 0.1) is 43.7 Å². The van der Waals surface area contributed by atoms with Crippen LogP contribution in [-0.2, 0) is 6.54 Å². The highest BCUT2D eigenvalue weighted by atomic mass is 19.1. The van der Waals surface area contributed by atoms with E-state index in [1.54, 1.807) is 61.1 Å². The van der Waals surface area contributed by atoms with Crippen molar-refractivity contribution in [2.24, 2.45) is 0 Å². The molecule has 2 aromatic heterocycles. The monoisotopic (exact) mass is 588 g/mol. The topological polar surface area (TPSA) is 118 Å². The smallest absolute Gasteiger partial charge is 0.292 e. The van der Waals surface area contributed by atoms with Crippen LogP contribution in [0.5, 0.6) is 17.2 Å². The van der Waals surface area contributed by atoms with E-state index in [-0.39, 0.29) is 40.9 Å². The predicted octanol–water partition coefficient (Wildman–Crippen LogP) is 6.58. The molecule has 220 valence electrons. The molecule has 12 heteroatoms. The summed E-state index contributed by atoms with van der Waals surface area (Å²) in [5.74, 6) is -3.09. The molecule has 3 aromatic carbocycles. The number of ether oxygens (including phenoxy) is 3. The molecule has 0 amide bonds. The normalized spacial score (nSPS) is 10.9. The third-order valence-electron chi connectivity index (χ3n) is 7.02. The van der Waals surface area contributed by atoms with E-state index in [0.29, 0.717) is 22.2 Å². The third kappa shape index (κ3) is 5.42. The number of benzene rings is 3. The zero-order chi connectivity index (χ0) is 30.8. The first-order valence-corrected chi connectivity index (χ1v) is 12.9. The fourth-order valence-electron chi connectivity index (χ4n) is 4.81. The molecule has 0 saturated heterocycles. The molecule has 10 nitrogen and oxygen atoms in total. The van der Waals surface area contributed by atoms with E-state index in [0.717, 1.165) is 11.6 Å². The van der Waals surface area contributed by atoms with Gasteiger partial charge < -0.3 is 24.1 Å². The zero-order valence-electron chi connectivity index (χ0n) is 23.6. The van der Waals surface area contributed by atoms with Gasteiger partial charge in [0, 0.05) is 24.1 Å². The Bertz CT molecular complexity index is 1840. The van der Waals surface area contributed by atoms with E-state index in [4.69, 9.17) is 14.2 Å². The first kappa shape index (κ1) is 29.0. The molecule has 5 rings (SSSR count). The van der Waals surface area contributed by atoms with Gasteiger partial charge in [-0.25, -0.2) is 13.8 Å². The summed E-state index contributed by atoms with van der Waals surface area (Å²) in [5.41, 5.74) is 1.15. The molecule has 2 heterocycles. The maximum Gasteiger partial charge on any atom is 0.292 e. The summed E-state index contributed by atoms with van der Waals surface area (Å²) in [6.45, 7) is 1.87. The van der Waals surface area contributed by atoms with Crippen molar-refractivity contribution in [3.63, 3.8) is 0 Å². The molecule has 0 spiro atoms. The third-order valence-corrected chi connectivity index (χ3v) is 7.02. The zero-order valence-corrected chi connectivity index (χ0v) is 23.6. The van der Waals surface area contributed by atoms with E-state index in [1.165, 1.54) is 32.5 Å². The quantitative estimate of drug-likeness (QED) is 0.110. The Balaban J connectivity index is 1.66. The van der Waals surface area contributed by atoms with Gasteiger partial charge in [0.15, 0.2) is 23.1 Å². The Morgan fingerprint density at radius 1 is 0.977 bits per heavy atom. The van der Waals surface area contributed by atoms with Gasteiger partial charge in [-0.2, -0.15) is 0 Å². The van der Waals surface area contributed by atoms with Crippen LogP contribution < -0.4 is 19.5 Å². The number of nitro benzene ring substituents is 1. The van der Waals surface area contributed by atoms with E-state index in [9.17, 15) is 14.9 Å². The number of carbonyl (C=O) groups excluding carboxylic acids is 1. The molecule has 1 N–H and O–H groups in total. The summed E-state index contributed by atoms with van der Waals surface area (Å²) in [4.78, 5) is 29.5. The van der Waals surface area contributed by atoms with Gasteiger partial charge >= 0.3 is 0 Å². The van der Waals surface area contributed by atoms with Gasteiger partial charge in [-0.15, -0.1) is 0 Å². The Morgan fingerprint density at radius 3 is 2.26 bits per heavy atom. The molecule has 0 radical (unpaired) electrons. The number of methoxy groups -OCH3 is 3. The lowest BCUT2D eigenvalue weighted by molar-refractivity contribution is -0.384. The second kappa shape index (κ2) is 11.8. The van der Waals surface area contributed by atoms with Crippen molar-refractivity contribution in [1.82, 2.24) is 9.55 Å². The largest absolute Gasteiger partial charge is 0.497 e. The van der Waals surface area contributed by atoms with Crippen LogP contribution in [-0.4, -0.2) is 41.6 Å². The van der Waals surface area contributed by atoms with Crippen LogP contribution in [0.25, 0.3) is 10.9 Å². The van der Waals surface area contributed by atoms with Gasteiger partial charge in [0.2, 0.25) is 5.78 Å². The molecular formula is C31H26F2N4O6. The first-order chi connectivity index (χ1) is 20.7. The standard InChI is InChI=1S/C31H26F2N4O6/c1-17-6-5-7-21(37(39)40)30(17)35-26-13-19-12-22(31(38)27-28(32)24(42-3)14-25(43-4)29(27)33)36(23(19)15-34-26)16-18-8-10-20(41-2)11-9-18/h5-15H,16H2,1-4H3,(H,34,35). The number of carbonyl (C=O) groups is 1. The number of hydrogen-bond acceptors (Lipinski definition) is 8.